The number of ketones is 1. The number of rotatable bonds is 4. The molecule has 1 aliphatic carbocycles. The number of ether oxygens (including phenoxy) is 1. The van der Waals surface area contributed by atoms with Crippen LogP contribution in [0.15, 0.2) is 108 Å². The largest absolute Gasteiger partial charge is 0.497 e. The fraction of sp³-hybridized carbons (Fsp3) is 0.194. The summed E-state index contributed by atoms with van der Waals surface area (Å²) in [7, 11) is 1.66. The molecule has 0 radical (unpaired) electrons. The van der Waals surface area contributed by atoms with Gasteiger partial charge in [-0.3, -0.25) is 4.79 Å². The van der Waals surface area contributed by atoms with E-state index >= 15 is 0 Å². The number of Topliss-reactive ketones (excluding diaryl/α,β-unsaturated/α-hetero) is 1. The molecule has 1 N–H and O–H groups in total. The second-order valence-electron chi connectivity index (χ2n) is 9.57. The van der Waals surface area contributed by atoms with Crippen molar-refractivity contribution in [1.82, 2.24) is 5.32 Å². The number of carbonyl (C=O) groups excluding carboxylic acids is 1. The van der Waals surface area contributed by atoms with Crippen LogP contribution in [0.5, 0.6) is 5.75 Å². The van der Waals surface area contributed by atoms with E-state index in [1.54, 1.807) is 7.11 Å². The molecular weight excluding hydrogens is 418 g/mol. The number of carbonyl (C=O) groups is 1. The van der Waals surface area contributed by atoms with Crippen molar-refractivity contribution in [2.75, 3.05) is 7.11 Å². The number of dihydropyridines is 1. The van der Waals surface area contributed by atoms with E-state index in [2.05, 4.69) is 49.5 Å². The van der Waals surface area contributed by atoms with Crippen LogP contribution >= 0.6 is 0 Å². The summed E-state index contributed by atoms with van der Waals surface area (Å²) in [5.41, 5.74) is 6.73. The van der Waals surface area contributed by atoms with Crippen LogP contribution in [0.3, 0.4) is 0 Å². The zero-order chi connectivity index (χ0) is 23.7. The van der Waals surface area contributed by atoms with Gasteiger partial charge in [0.25, 0.3) is 0 Å². The SMILES string of the molecule is COc1ccc(/C=C2\C(=O)C3=C(CC2(C)C)NC(c2ccccc2)=CC3c2ccccc2)cc1. The molecule has 0 fully saturated rings. The lowest BCUT2D eigenvalue weighted by atomic mass is 9.67. The van der Waals surface area contributed by atoms with Gasteiger partial charge in [0.15, 0.2) is 5.78 Å². The number of benzene rings is 3. The third-order valence-corrected chi connectivity index (χ3v) is 6.76. The molecule has 0 spiro atoms. The predicted molar refractivity (Wildman–Crippen MR) is 138 cm³/mol. The van der Waals surface area contributed by atoms with Gasteiger partial charge in [-0.15, -0.1) is 0 Å². The molecule has 0 saturated carbocycles. The molecule has 3 nitrogen and oxygen atoms in total. The van der Waals surface area contributed by atoms with Crippen molar-refractivity contribution >= 4 is 17.6 Å². The first-order valence-corrected chi connectivity index (χ1v) is 11.7. The Kier molecular flexibility index (Phi) is 5.70. The second-order valence-corrected chi connectivity index (χ2v) is 9.57. The maximum atomic E-state index is 14.1. The van der Waals surface area contributed by atoms with Crippen molar-refractivity contribution in [2.45, 2.75) is 26.2 Å². The molecule has 1 aliphatic heterocycles. The molecule has 1 heterocycles. The molecule has 3 aromatic rings. The lowest BCUT2D eigenvalue weighted by Crippen LogP contribution is -2.37. The van der Waals surface area contributed by atoms with E-state index in [0.717, 1.165) is 51.4 Å². The van der Waals surface area contributed by atoms with Crippen LogP contribution < -0.4 is 10.1 Å². The molecule has 0 amide bonds. The van der Waals surface area contributed by atoms with Gasteiger partial charge in [0.05, 0.1) is 7.11 Å². The number of hydrogen-bond acceptors (Lipinski definition) is 3. The Balaban J connectivity index is 1.61. The summed E-state index contributed by atoms with van der Waals surface area (Å²) in [5.74, 6) is 0.822. The zero-order valence-corrected chi connectivity index (χ0v) is 19.8. The third kappa shape index (κ3) is 4.10. The fourth-order valence-electron chi connectivity index (χ4n) is 4.95. The lowest BCUT2D eigenvalue weighted by Gasteiger charge is -2.40. The Labute approximate surface area is 201 Å². The normalized spacial score (nSPS) is 20.4. The van der Waals surface area contributed by atoms with Gasteiger partial charge in [0, 0.05) is 28.5 Å². The van der Waals surface area contributed by atoms with Crippen LogP contribution in [-0.4, -0.2) is 12.9 Å². The molecule has 3 aromatic carbocycles. The highest BCUT2D eigenvalue weighted by Crippen LogP contribution is 2.48. The summed E-state index contributed by atoms with van der Waals surface area (Å²) in [6.07, 6.45) is 5.01. The van der Waals surface area contributed by atoms with Crippen LogP contribution in [-0.2, 0) is 4.79 Å². The minimum atomic E-state index is -0.302. The molecule has 3 heteroatoms. The molecule has 1 unspecified atom stereocenters. The first kappa shape index (κ1) is 22.0. The van der Waals surface area contributed by atoms with E-state index in [-0.39, 0.29) is 17.1 Å². The van der Waals surface area contributed by atoms with Gasteiger partial charge in [0.2, 0.25) is 0 Å². The van der Waals surface area contributed by atoms with Gasteiger partial charge in [-0.25, -0.2) is 0 Å². The highest BCUT2D eigenvalue weighted by molar-refractivity contribution is 6.15. The minimum absolute atomic E-state index is 0.101. The Morgan fingerprint density at radius 2 is 1.56 bits per heavy atom. The van der Waals surface area contributed by atoms with E-state index in [4.69, 9.17) is 4.74 Å². The summed E-state index contributed by atoms with van der Waals surface area (Å²) in [4.78, 5) is 14.1. The molecule has 5 rings (SSSR count). The summed E-state index contributed by atoms with van der Waals surface area (Å²) in [6.45, 7) is 4.31. The standard InChI is InChI=1S/C31H29NO2/c1-31(2)20-28-29(30(33)26(31)18-21-14-16-24(34-3)17-15-21)25(22-10-6-4-7-11-22)19-27(32-28)23-12-8-5-9-13-23/h4-19,25,32H,20H2,1-3H3/b26-18+. The third-order valence-electron chi connectivity index (χ3n) is 6.76. The maximum Gasteiger partial charge on any atom is 0.188 e. The van der Waals surface area contributed by atoms with Crippen molar-refractivity contribution in [3.8, 4) is 5.75 Å². The van der Waals surface area contributed by atoms with Crippen molar-refractivity contribution < 1.29 is 9.53 Å². The molecule has 0 saturated heterocycles. The highest BCUT2D eigenvalue weighted by atomic mass is 16.5. The average Bonchev–Trinajstić information content (AvgIpc) is 2.87. The molecular formula is C31H29NO2. The summed E-state index contributed by atoms with van der Waals surface area (Å²) >= 11 is 0. The minimum Gasteiger partial charge on any atom is -0.497 e. The Morgan fingerprint density at radius 3 is 2.21 bits per heavy atom. The van der Waals surface area contributed by atoms with Crippen molar-refractivity contribution in [3.05, 3.63) is 125 Å². The number of allylic oxidation sites excluding steroid dienone is 4. The van der Waals surface area contributed by atoms with Crippen LogP contribution in [0.1, 0.15) is 42.9 Å². The summed E-state index contributed by atoms with van der Waals surface area (Å²) in [5, 5.41) is 3.63. The van der Waals surface area contributed by atoms with E-state index in [0.29, 0.717) is 0 Å². The topological polar surface area (TPSA) is 38.3 Å². The van der Waals surface area contributed by atoms with Gasteiger partial charge in [0.1, 0.15) is 5.75 Å². The van der Waals surface area contributed by atoms with E-state index < -0.39 is 0 Å². The Hall–Kier alpha value is -3.85. The van der Waals surface area contributed by atoms with Gasteiger partial charge in [-0.2, -0.15) is 0 Å². The number of nitrogens with one attached hydrogen (secondary N) is 1. The van der Waals surface area contributed by atoms with Crippen LogP contribution in [0.4, 0.5) is 0 Å². The van der Waals surface area contributed by atoms with Gasteiger partial charge in [-0.1, -0.05) is 86.6 Å². The Bertz CT molecular complexity index is 1300. The number of hydrogen-bond donors (Lipinski definition) is 1. The smallest absolute Gasteiger partial charge is 0.188 e. The van der Waals surface area contributed by atoms with E-state index in [1.165, 1.54) is 0 Å². The molecule has 34 heavy (non-hydrogen) atoms. The predicted octanol–water partition coefficient (Wildman–Crippen LogP) is 6.76. The van der Waals surface area contributed by atoms with E-state index in [9.17, 15) is 4.79 Å². The molecule has 0 aromatic heterocycles. The molecule has 1 atom stereocenters. The number of methoxy groups -OCH3 is 1. The van der Waals surface area contributed by atoms with Crippen LogP contribution in [0.25, 0.3) is 11.8 Å². The second kappa shape index (κ2) is 8.83. The first-order chi connectivity index (χ1) is 16.5. The van der Waals surface area contributed by atoms with Gasteiger partial charge in [-0.05, 0) is 52.8 Å². The van der Waals surface area contributed by atoms with Crippen LogP contribution in [0, 0.1) is 5.41 Å². The van der Waals surface area contributed by atoms with Crippen molar-refractivity contribution in [1.29, 1.82) is 0 Å². The van der Waals surface area contributed by atoms with Crippen LogP contribution in [0.2, 0.25) is 0 Å². The van der Waals surface area contributed by atoms with Crippen molar-refractivity contribution in [3.63, 3.8) is 0 Å². The van der Waals surface area contributed by atoms with Gasteiger partial charge < -0.3 is 10.1 Å². The monoisotopic (exact) mass is 447 g/mol. The lowest BCUT2D eigenvalue weighted by molar-refractivity contribution is -0.113. The maximum absolute atomic E-state index is 14.1. The average molecular weight is 448 g/mol. The quantitative estimate of drug-likeness (QED) is 0.449. The van der Waals surface area contributed by atoms with Crippen molar-refractivity contribution in [2.24, 2.45) is 5.41 Å². The van der Waals surface area contributed by atoms with Gasteiger partial charge >= 0.3 is 0 Å². The summed E-state index contributed by atoms with van der Waals surface area (Å²) < 4.78 is 5.29. The molecule has 170 valence electrons. The fourth-order valence-corrected chi connectivity index (χ4v) is 4.95. The Morgan fingerprint density at radius 1 is 0.912 bits per heavy atom. The van der Waals surface area contributed by atoms with E-state index in [1.807, 2.05) is 66.7 Å². The zero-order valence-electron chi connectivity index (χ0n) is 19.8. The first-order valence-electron chi connectivity index (χ1n) is 11.7. The summed E-state index contributed by atoms with van der Waals surface area (Å²) in [6, 6.07) is 28.5. The highest BCUT2D eigenvalue weighted by Gasteiger charge is 2.42. The molecule has 0 bridgehead atoms. The molecule has 2 aliphatic rings.